The van der Waals surface area contributed by atoms with Gasteiger partial charge in [0.05, 0.1) is 6.10 Å². The molecule has 1 rings (SSSR count). The van der Waals surface area contributed by atoms with Crippen LogP contribution in [0.4, 0.5) is 0 Å². The van der Waals surface area contributed by atoms with Gasteiger partial charge in [0.2, 0.25) is 0 Å². The fraction of sp³-hybridized carbons (Fsp3) is 0.545. The molecule has 0 saturated carbocycles. The lowest BCUT2D eigenvalue weighted by Crippen LogP contribution is -2.19. The van der Waals surface area contributed by atoms with Gasteiger partial charge in [-0.2, -0.15) is 0 Å². The van der Waals surface area contributed by atoms with Crippen molar-refractivity contribution in [2.24, 2.45) is 0 Å². The van der Waals surface area contributed by atoms with Crippen LogP contribution >= 0.6 is 0 Å². The monoisotopic (exact) mass is 195 g/mol. The van der Waals surface area contributed by atoms with Gasteiger partial charge in [-0.15, -0.1) is 0 Å². The van der Waals surface area contributed by atoms with E-state index in [1.807, 2.05) is 32.2 Å². The van der Waals surface area contributed by atoms with Crippen LogP contribution in [-0.4, -0.2) is 25.3 Å². The number of ether oxygens (including phenoxy) is 2. The molecule has 0 spiro atoms. The van der Waals surface area contributed by atoms with E-state index < -0.39 is 0 Å². The molecular formula is C11H17NO2. The summed E-state index contributed by atoms with van der Waals surface area (Å²) in [5.41, 5.74) is 2.06. The molecule has 2 unspecified atom stereocenters. The van der Waals surface area contributed by atoms with E-state index in [0.29, 0.717) is 0 Å². The molecule has 0 aliphatic carbocycles. The molecule has 0 aliphatic heterocycles. The zero-order chi connectivity index (χ0) is 10.6. The number of methoxy groups -OCH3 is 2. The van der Waals surface area contributed by atoms with E-state index in [4.69, 9.17) is 9.47 Å². The van der Waals surface area contributed by atoms with E-state index >= 15 is 0 Å². The summed E-state index contributed by atoms with van der Waals surface area (Å²) in [6.07, 6.45) is 1.82. The zero-order valence-corrected chi connectivity index (χ0v) is 9.15. The van der Waals surface area contributed by atoms with E-state index in [0.717, 1.165) is 11.3 Å². The molecule has 0 N–H and O–H groups in total. The Kier molecular flexibility index (Phi) is 4.04. The fourth-order valence-electron chi connectivity index (χ4n) is 1.37. The van der Waals surface area contributed by atoms with Gasteiger partial charge < -0.3 is 9.47 Å². The Morgan fingerprint density at radius 2 is 1.93 bits per heavy atom. The Hall–Kier alpha value is -0.930. The van der Waals surface area contributed by atoms with E-state index in [9.17, 15) is 0 Å². The molecular weight excluding hydrogens is 178 g/mol. The predicted octanol–water partition coefficient (Wildman–Crippen LogP) is 2.11. The van der Waals surface area contributed by atoms with Gasteiger partial charge in [0.1, 0.15) is 6.10 Å². The zero-order valence-electron chi connectivity index (χ0n) is 9.15. The molecule has 3 heteroatoms. The van der Waals surface area contributed by atoms with Gasteiger partial charge in [-0.05, 0) is 19.9 Å². The third kappa shape index (κ3) is 2.53. The standard InChI is InChI=1S/C11H17NO2/c1-8-5-6-10(7-12-8)11(14-4)9(2)13-3/h5-7,9,11H,1-4H3. The Morgan fingerprint density at radius 3 is 2.36 bits per heavy atom. The lowest BCUT2D eigenvalue weighted by Gasteiger charge is -2.21. The second kappa shape index (κ2) is 5.08. The Morgan fingerprint density at radius 1 is 1.21 bits per heavy atom. The third-order valence-electron chi connectivity index (χ3n) is 2.31. The van der Waals surface area contributed by atoms with Gasteiger partial charge in [0, 0.05) is 31.7 Å². The van der Waals surface area contributed by atoms with Crippen LogP contribution in [0.1, 0.15) is 24.3 Å². The average molecular weight is 195 g/mol. The molecule has 2 atom stereocenters. The van der Waals surface area contributed by atoms with Crippen LogP contribution in [0.3, 0.4) is 0 Å². The molecule has 0 saturated heterocycles. The smallest absolute Gasteiger partial charge is 0.109 e. The summed E-state index contributed by atoms with van der Waals surface area (Å²) in [5.74, 6) is 0. The van der Waals surface area contributed by atoms with Gasteiger partial charge in [-0.1, -0.05) is 6.07 Å². The first kappa shape index (κ1) is 11.1. The minimum Gasteiger partial charge on any atom is -0.379 e. The topological polar surface area (TPSA) is 31.4 Å². The van der Waals surface area contributed by atoms with Gasteiger partial charge >= 0.3 is 0 Å². The SMILES string of the molecule is COC(C)C(OC)c1ccc(C)nc1. The Labute approximate surface area is 85.1 Å². The maximum Gasteiger partial charge on any atom is 0.109 e. The Bertz CT molecular complexity index is 271. The lowest BCUT2D eigenvalue weighted by atomic mass is 10.1. The highest BCUT2D eigenvalue weighted by molar-refractivity contribution is 5.16. The predicted molar refractivity (Wildman–Crippen MR) is 55.2 cm³/mol. The number of aryl methyl sites for hydroxylation is 1. The quantitative estimate of drug-likeness (QED) is 0.737. The molecule has 78 valence electrons. The third-order valence-corrected chi connectivity index (χ3v) is 2.31. The van der Waals surface area contributed by atoms with Crippen LogP contribution in [0.2, 0.25) is 0 Å². The molecule has 0 amide bonds. The first-order chi connectivity index (χ1) is 6.69. The van der Waals surface area contributed by atoms with Crippen LogP contribution in [0.25, 0.3) is 0 Å². The van der Waals surface area contributed by atoms with Crippen LogP contribution in [0.5, 0.6) is 0 Å². The van der Waals surface area contributed by atoms with Crippen molar-refractivity contribution in [3.63, 3.8) is 0 Å². The van der Waals surface area contributed by atoms with E-state index in [-0.39, 0.29) is 12.2 Å². The number of pyridine rings is 1. The largest absolute Gasteiger partial charge is 0.379 e. The van der Waals surface area contributed by atoms with Crippen molar-refractivity contribution < 1.29 is 9.47 Å². The van der Waals surface area contributed by atoms with E-state index in [1.165, 1.54) is 0 Å². The van der Waals surface area contributed by atoms with Crippen LogP contribution in [0, 0.1) is 6.92 Å². The summed E-state index contributed by atoms with van der Waals surface area (Å²) in [6, 6.07) is 4.00. The van der Waals surface area contributed by atoms with Gasteiger partial charge in [0.15, 0.2) is 0 Å². The highest BCUT2D eigenvalue weighted by atomic mass is 16.5. The molecule has 3 nitrogen and oxygen atoms in total. The maximum absolute atomic E-state index is 5.36. The second-order valence-corrected chi connectivity index (χ2v) is 3.33. The van der Waals surface area contributed by atoms with Crippen molar-refractivity contribution in [3.05, 3.63) is 29.6 Å². The molecule has 14 heavy (non-hydrogen) atoms. The van der Waals surface area contributed by atoms with Crippen molar-refractivity contribution in [1.29, 1.82) is 0 Å². The minimum absolute atomic E-state index is 0.0320. The van der Waals surface area contributed by atoms with E-state index in [2.05, 4.69) is 4.98 Å². The lowest BCUT2D eigenvalue weighted by molar-refractivity contribution is -0.0279. The number of nitrogens with zero attached hydrogens (tertiary/aromatic N) is 1. The van der Waals surface area contributed by atoms with Crippen molar-refractivity contribution >= 4 is 0 Å². The first-order valence-corrected chi connectivity index (χ1v) is 4.67. The van der Waals surface area contributed by atoms with Crippen LogP contribution in [0.15, 0.2) is 18.3 Å². The summed E-state index contributed by atoms with van der Waals surface area (Å²) in [7, 11) is 3.36. The molecule has 1 aromatic heterocycles. The van der Waals surface area contributed by atoms with Gasteiger partial charge in [-0.3, -0.25) is 4.98 Å². The molecule has 0 fully saturated rings. The highest BCUT2D eigenvalue weighted by Gasteiger charge is 2.18. The van der Waals surface area contributed by atoms with Crippen molar-refractivity contribution in [2.45, 2.75) is 26.1 Å². The minimum atomic E-state index is -0.0481. The number of hydrogen-bond acceptors (Lipinski definition) is 3. The number of rotatable bonds is 4. The molecule has 1 aromatic rings. The summed E-state index contributed by atoms with van der Waals surface area (Å²) in [6.45, 7) is 3.94. The van der Waals surface area contributed by atoms with Crippen LogP contribution in [-0.2, 0) is 9.47 Å². The molecule has 0 aromatic carbocycles. The summed E-state index contributed by atoms with van der Waals surface area (Å²) < 4.78 is 10.6. The van der Waals surface area contributed by atoms with Gasteiger partial charge in [-0.25, -0.2) is 0 Å². The summed E-state index contributed by atoms with van der Waals surface area (Å²) in [5, 5.41) is 0. The molecule has 1 heterocycles. The second-order valence-electron chi connectivity index (χ2n) is 3.33. The van der Waals surface area contributed by atoms with Crippen LogP contribution < -0.4 is 0 Å². The first-order valence-electron chi connectivity index (χ1n) is 4.67. The Balaban J connectivity index is 2.84. The summed E-state index contributed by atoms with van der Waals surface area (Å²) in [4.78, 5) is 4.23. The van der Waals surface area contributed by atoms with Crippen molar-refractivity contribution in [1.82, 2.24) is 4.98 Å². The van der Waals surface area contributed by atoms with E-state index in [1.54, 1.807) is 14.2 Å². The summed E-state index contributed by atoms with van der Waals surface area (Å²) >= 11 is 0. The highest BCUT2D eigenvalue weighted by Crippen LogP contribution is 2.21. The maximum atomic E-state index is 5.36. The molecule has 0 radical (unpaired) electrons. The van der Waals surface area contributed by atoms with Crippen molar-refractivity contribution in [2.75, 3.05) is 14.2 Å². The molecule has 0 bridgehead atoms. The average Bonchev–Trinajstić information content (AvgIpc) is 2.21. The number of hydrogen-bond donors (Lipinski definition) is 0. The fourth-order valence-corrected chi connectivity index (χ4v) is 1.37. The molecule has 0 aliphatic rings. The normalized spacial score (nSPS) is 15.1. The van der Waals surface area contributed by atoms with Crippen molar-refractivity contribution in [3.8, 4) is 0 Å². The van der Waals surface area contributed by atoms with Gasteiger partial charge in [0.25, 0.3) is 0 Å². The number of aromatic nitrogens is 1.